The smallest absolute Gasteiger partial charge is 0.153 e. The maximum absolute atomic E-state index is 13.3. The number of nitrogens with zero attached hydrogens (tertiary/aromatic N) is 3. The van der Waals surface area contributed by atoms with E-state index in [1.54, 1.807) is 16.8 Å². The second kappa shape index (κ2) is 5.46. The van der Waals surface area contributed by atoms with Crippen molar-refractivity contribution in [2.75, 3.05) is 7.05 Å². The molecule has 1 aromatic carbocycles. The summed E-state index contributed by atoms with van der Waals surface area (Å²) in [6.07, 6.45) is 0. The van der Waals surface area contributed by atoms with Crippen LogP contribution in [0.1, 0.15) is 17.3 Å². The van der Waals surface area contributed by atoms with Crippen LogP contribution in [0.25, 0.3) is 0 Å². The molecule has 0 radical (unpaired) electrons. The fourth-order valence-electron chi connectivity index (χ4n) is 1.80. The van der Waals surface area contributed by atoms with Gasteiger partial charge in [0.05, 0.1) is 16.2 Å². The molecule has 4 nitrogen and oxygen atoms in total. The molecule has 0 aliphatic carbocycles. The van der Waals surface area contributed by atoms with Crippen molar-refractivity contribution in [2.45, 2.75) is 6.04 Å². The highest BCUT2D eigenvalue weighted by atomic mass is 79.9. The molecule has 0 saturated heterocycles. The Morgan fingerprint density at radius 3 is 2.61 bits per heavy atom. The Morgan fingerprint density at radius 2 is 2.11 bits per heavy atom. The molecular formula is C11H11Br2FN4. The first kappa shape index (κ1) is 13.6. The fourth-order valence-corrected chi connectivity index (χ4v) is 2.75. The Morgan fingerprint density at radius 1 is 1.39 bits per heavy atom. The maximum Gasteiger partial charge on any atom is 0.153 e. The Bertz CT molecular complexity index is 551. The van der Waals surface area contributed by atoms with E-state index < -0.39 is 0 Å². The fraction of sp³-hybridized carbons (Fsp3) is 0.273. The van der Waals surface area contributed by atoms with Gasteiger partial charge in [0.25, 0.3) is 0 Å². The standard InChI is InChI=1S/C11H11Br2FN4/c1-15-9(10-11(13)16-17-18(10)2)6-3-4-8(14)7(12)5-6/h3-5,9,15H,1-2H3. The number of benzene rings is 1. The molecule has 1 N–H and O–H groups in total. The lowest BCUT2D eigenvalue weighted by atomic mass is 10.0. The highest BCUT2D eigenvalue weighted by Gasteiger charge is 2.21. The van der Waals surface area contributed by atoms with Crippen molar-refractivity contribution in [3.8, 4) is 0 Å². The number of hydrogen-bond donors (Lipinski definition) is 1. The first-order valence-corrected chi connectivity index (χ1v) is 6.80. The average Bonchev–Trinajstić information content (AvgIpc) is 2.66. The van der Waals surface area contributed by atoms with Crippen LogP contribution in [0, 0.1) is 5.82 Å². The van der Waals surface area contributed by atoms with E-state index in [-0.39, 0.29) is 11.9 Å². The molecule has 7 heteroatoms. The largest absolute Gasteiger partial charge is 0.308 e. The molecule has 2 rings (SSSR count). The SMILES string of the molecule is CNC(c1ccc(F)c(Br)c1)c1c(Br)nnn1C. The van der Waals surface area contributed by atoms with Crippen molar-refractivity contribution in [1.82, 2.24) is 20.3 Å². The van der Waals surface area contributed by atoms with Crippen molar-refractivity contribution in [3.05, 3.63) is 44.3 Å². The molecule has 0 amide bonds. The van der Waals surface area contributed by atoms with Crippen LogP contribution < -0.4 is 5.32 Å². The average molecular weight is 378 g/mol. The molecule has 1 heterocycles. The van der Waals surface area contributed by atoms with E-state index in [1.165, 1.54) is 6.07 Å². The van der Waals surface area contributed by atoms with Crippen LogP contribution in [0.5, 0.6) is 0 Å². The molecule has 96 valence electrons. The number of aryl methyl sites for hydroxylation is 1. The van der Waals surface area contributed by atoms with Crippen LogP contribution in [0.2, 0.25) is 0 Å². The van der Waals surface area contributed by atoms with Crippen LogP contribution in [-0.2, 0) is 7.05 Å². The van der Waals surface area contributed by atoms with Gasteiger partial charge in [-0.3, -0.25) is 0 Å². The third-order valence-electron chi connectivity index (χ3n) is 2.67. The molecule has 0 bridgehead atoms. The minimum absolute atomic E-state index is 0.115. The van der Waals surface area contributed by atoms with Crippen LogP contribution in [-0.4, -0.2) is 22.0 Å². The minimum Gasteiger partial charge on any atom is -0.308 e. The monoisotopic (exact) mass is 376 g/mol. The number of nitrogens with one attached hydrogen (secondary N) is 1. The topological polar surface area (TPSA) is 42.7 Å². The summed E-state index contributed by atoms with van der Waals surface area (Å²) in [4.78, 5) is 0. The van der Waals surface area contributed by atoms with E-state index in [2.05, 4.69) is 47.5 Å². The first-order chi connectivity index (χ1) is 8.54. The molecule has 0 aliphatic heterocycles. The van der Waals surface area contributed by atoms with Gasteiger partial charge in [0.1, 0.15) is 5.82 Å². The summed E-state index contributed by atoms with van der Waals surface area (Å²) in [6, 6.07) is 4.80. The Kier molecular flexibility index (Phi) is 4.14. The summed E-state index contributed by atoms with van der Waals surface area (Å²) in [5.74, 6) is -0.282. The minimum atomic E-state index is -0.282. The van der Waals surface area contributed by atoms with E-state index in [1.807, 2.05) is 14.1 Å². The predicted molar refractivity (Wildman–Crippen MR) is 73.7 cm³/mol. The van der Waals surface area contributed by atoms with Crippen molar-refractivity contribution < 1.29 is 4.39 Å². The Balaban J connectivity index is 2.48. The van der Waals surface area contributed by atoms with Gasteiger partial charge >= 0.3 is 0 Å². The zero-order valence-corrected chi connectivity index (χ0v) is 13.0. The molecule has 0 fully saturated rings. The van der Waals surface area contributed by atoms with Gasteiger partial charge in [-0.25, -0.2) is 9.07 Å². The van der Waals surface area contributed by atoms with Crippen molar-refractivity contribution >= 4 is 31.9 Å². The highest BCUT2D eigenvalue weighted by molar-refractivity contribution is 9.10. The quantitative estimate of drug-likeness (QED) is 0.894. The Labute approximate surface area is 121 Å². The van der Waals surface area contributed by atoms with E-state index in [0.29, 0.717) is 9.08 Å². The summed E-state index contributed by atoms with van der Waals surface area (Å²) < 4.78 is 16.1. The molecule has 1 atom stereocenters. The van der Waals surface area contributed by atoms with Crippen molar-refractivity contribution in [3.63, 3.8) is 0 Å². The lowest BCUT2D eigenvalue weighted by molar-refractivity contribution is 0.590. The van der Waals surface area contributed by atoms with Crippen molar-refractivity contribution in [2.24, 2.45) is 7.05 Å². The lowest BCUT2D eigenvalue weighted by Crippen LogP contribution is -2.21. The second-order valence-electron chi connectivity index (χ2n) is 3.78. The predicted octanol–water partition coefficient (Wildman–Crippen LogP) is 2.79. The zero-order valence-electron chi connectivity index (χ0n) is 9.78. The van der Waals surface area contributed by atoms with Crippen LogP contribution >= 0.6 is 31.9 Å². The van der Waals surface area contributed by atoms with Gasteiger partial charge in [0.2, 0.25) is 0 Å². The summed E-state index contributed by atoms with van der Waals surface area (Å²) in [5, 5.41) is 11.1. The molecule has 1 unspecified atom stereocenters. The zero-order chi connectivity index (χ0) is 13.3. The van der Waals surface area contributed by atoms with Gasteiger partial charge in [-0.15, -0.1) is 5.10 Å². The molecule has 18 heavy (non-hydrogen) atoms. The van der Waals surface area contributed by atoms with Gasteiger partial charge in [-0.1, -0.05) is 11.3 Å². The van der Waals surface area contributed by atoms with E-state index in [9.17, 15) is 4.39 Å². The molecule has 0 spiro atoms. The summed E-state index contributed by atoms with van der Waals surface area (Å²) in [5.41, 5.74) is 1.81. The van der Waals surface area contributed by atoms with Gasteiger partial charge in [-0.05, 0) is 56.6 Å². The number of hydrogen-bond acceptors (Lipinski definition) is 3. The van der Waals surface area contributed by atoms with Crippen molar-refractivity contribution in [1.29, 1.82) is 0 Å². The highest BCUT2D eigenvalue weighted by Crippen LogP contribution is 2.28. The number of aromatic nitrogens is 3. The Hall–Kier alpha value is -0.790. The first-order valence-electron chi connectivity index (χ1n) is 5.22. The van der Waals surface area contributed by atoms with Gasteiger partial charge < -0.3 is 5.32 Å². The van der Waals surface area contributed by atoms with E-state index >= 15 is 0 Å². The molecule has 0 aliphatic rings. The number of rotatable bonds is 3. The van der Waals surface area contributed by atoms with E-state index in [4.69, 9.17) is 0 Å². The van der Waals surface area contributed by atoms with Gasteiger partial charge in [-0.2, -0.15) is 0 Å². The normalized spacial score (nSPS) is 12.7. The lowest BCUT2D eigenvalue weighted by Gasteiger charge is -2.17. The third kappa shape index (κ3) is 2.48. The molecule has 2 aromatic rings. The van der Waals surface area contributed by atoms with Crippen LogP contribution in [0.3, 0.4) is 0 Å². The molecule has 0 saturated carbocycles. The van der Waals surface area contributed by atoms with Gasteiger partial charge in [0, 0.05) is 7.05 Å². The van der Waals surface area contributed by atoms with E-state index in [0.717, 1.165) is 11.3 Å². The summed E-state index contributed by atoms with van der Waals surface area (Å²) in [7, 11) is 3.65. The third-order valence-corrected chi connectivity index (χ3v) is 3.84. The van der Waals surface area contributed by atoms with Crippen LogP contribution in [0.15, 0.2) is 27.3 Å². The maximum atomic E-state index is 13.3. The van der Waals surface area contributed by atoms with Crippen LogP contribution in [0.4, 0.5) is 4.39 Å². The molecular weight excluding hydrogens is 367 g/mol. The molecule has 1 aromatic heterocycles. The second-order valence-corrected chi connectivity index (χ2v) is 5.39. The number of halogens is 3. The summed E-state index contributed by atoms with van der Waals surface area (Å²) in [6.45, 7) is 0. The van der Waals surface area contributed by atoms with Gasteiger partial charge in [0.15, 0.2) is 4.60 Å². The summed E-state index contributed by atoms with van der Waals surface area (Å²) >= 11 is 6.56.